The molecular formula is C16H13F2N3O3S. The van der Waals surface area contributed by atoms with Crippen molar-refractivity contribution >= 4 is 10.0 Å². The number of halogens is 2. The number of nitrogens with zero attached hydrogens (tertiary/aromatic N) is 3. The number of pyridine rings is 1. The molecule has 0 amide bonds. The van der Waals surface area contributed by atoms with E-state index in [1.807, 2.05) is 6.07 Å². The van der Waals surface area contributed by atoms with E-state index in [2.05, 4.69) is 4.98 Å². The summed E-state index contributed by atoms with van der Waals surface area (Å²) in [5.74, 6) is -1.89. The van der Waals surface area contributed by atoms with Gasteiger partial charge in [-0.25, -0.2) is 22.2 Å². The van der Waals surface area contributed by atoms with Crippen LogP contribution in [0, 0.1) is 23.0 Å². The molecule has 1 saturated heterocycles. The standard InChI is InChI=1S/C16H13F2N3O3S/c17-13-3-12(4-14(18)6-13)10-25(22,23)21-8-15(9-21)24-16-5-11(7-19)1-2-20-16/h1-6,15H,8-10H2. The lowest BCUT2D eigenvalue weighted by Crippen LogP contribution is -2.56. The van der Waals surface area contributed by atoms with Gasteiger partial charge in [0.1, 0.15) is 17.7 Å². The van der Waals surface area contributed by atoms with Crippen LogP contribution in [0.1, 0.15) is 11.1 Å². The zero-order chi connectivity index (χ0) is 18.0. The van der Waals surface area contributed by atoms with Crippen LogP contribution in [0.4, 0.5) is 8.78 Å². The largest absolute Gasteiger partial charge is 0.471 e. The lowest BCUT2D eigenvalue weighted by molar-refractivity contribution is 0.0719. The summed E-state index contributed by atoms with van der Waals surface area (Å²) in [6.45, 7) is 0.219. The third kappa shape index (κ3) is 4.10. The van der Waals surface area contributed by atoms with Crippen molar-refractivity contribution in [3.05, 3.63) is 59.3 Å². The number of nitriles is 1. The maximum absolute atomic E-state index is 13.2. The zero-order valence-corrected chi connectivity index (χ0v) is 13.7. The van der Waals surface area contributed by atoms with E-state index in [1.165, 1.54) is 22.6 Å². The third-order valence-electron chi connectivity index (χ3n) is 3.63. The van der Waals surface area contributed by atoms with Crippen molar-refractivity contribution in [2.24, 2.45) is 0 Å². The van der Waals surface area contributed by atoms with Crippen molar-refractivity contribution in [1.29, 1.82) is 5.26 Å². The Labute approximate surface area is 143 Å². The second-order valence-electron chi connectivity index (χ2n) is 5.59. The molecule has 1 aromatic heterocycles. The number of ether oxygens (including phenoxy) is 1. The summed E-state index contributed by atoms with van der Waals surface area (Å²) in [4.78, 5) is 3.96. The first-order valence-electron chi connectivity index (χ1n) is 7.31. The predicted molar refractivity (Wildman–Crippen MR) is 83.9 cm³/mol. The highest BCUT2D eigenvalue weighted by atomic mass is 32.2. The zero-order valence-electron chi connectivity index (χ0n) is 12.9. The minimum absolute atomic E-state index is 0.0465. The maximum Gasteiger partial charge on any atom is 0.218 e. The van der Waals surface area contributed by atoms with Crippen LogP contribution in [0.15, 0.2) is 36.5 Å². The Morgan fingerprint density at radius 1 is 1.24 bits per heavy atom. The lowest BCUT2D eigenvalue weighted by atomic mass is 10.2. The summed E-state index contributed by atoms with van der Waals surface area (Å²) in [5.41, 5.74) is 0.437. The van der Waals surface area contributed by atoms with Gasteiger partial charge in [0.25, 0.3) is 0 Å². The van der Waals surface area contributed by atoms with Crippen LogP contribution in [0.2, 0.25) is 0 Å². The summed E-state index contributed by atoms with van der Waals surface area (Å²) in [5, 5.41) is 8.82. The van der Waals surface area contributed by atoms with Gasteiger partial charge in [-0.1, -0.05) is 0 Å². The monoisotopic (exact) mass is 365 g/mol. The van der Waals surface area contributed by atoms with E-state index in [0.29, 0.717) is 11.6 Å². The molecule has 25 heavy (non-hydrogen) atoms. The van der Waals surface area contributed by atoms with Gasteiger partial charge in [0.15, 0.2) is 0 Å². The highest BCUT2D eigenvalue weighted by Crippen LogP contribution is 2.22. The van der Waals surface area contributed by atoms with Crippen LogP contribution in [0.25, 0.3) is 0 Å². The molecule has 2 heterocycles. The quantitative estimate of drug-likeness (QED) is 0.807. The highest BCUT2D eigenvalue weighted by Gasteiger charge is 2.37. The van der Waals surface area contributed by atoms with Gasteiger partial charge in [-0.15, -0.1) is 0 Å². The lowest BCUT2D eigenvalue weighted by Gasteiger charge is -2.37. The number of benzene rings is 1. The number of hydrogen-bond acceptors (Lipinski definition) is 5. The van der Waals surface area contributed by atoms with Crippen LogP contribution in [-0.4, -0.2) is 36.9 Å². The molecule has 0 saturated carbocycles. The molecule has 6 nitrogen and oxygen atoms in total. The first-order chi connectivity index (χ1) is 11.9. The van der Waals surface area contributed by atoms with Gasteiger partial charge in [-0.05, 0) is 23.8 Å². The molecule has 2 aromatic rings. The van der Waals surface area contributed by atoms with E-state index in [4.69, 9.17) is 10.00 Å². The van der Waals surface area contributed by atoms with E-state index >= 15 is 0 Å². The van der Waals surface area contributed by atoms with E-state index in [0.717, 1.165) is 12.1 Å². The van der Waals surface area contributed by atoms with Crippen LogP contribution < -0.4 is 4.74 Å². The maximum atomic E-state index is 13.2. The Morgan fingerprint density at radius 2 is 1.92 bits per heavy atom. The van der Waals surface area contributed by atoms with Crippen molar-refractivity contribution in [1.82, 2.24) is 9.29 Å². The van der Waals surface area contributed by atoms with Gasteiger partial charge in [-0.2, -0.15) is 9.57 Å². The van der Waals surface area contributed by atoms with E-state index in [1.54, 1.807) is 0 Å². The van der Waals surface area contributed by atoms with Crippen molar-refractivity contribution in [3.63, 3.8) is 0 Å². The van der Waals surface area contributed by atoms with Crippen LogP contribution in [0.3, 0.4) is 0 Å². The molecule has 9 heteroatoms. The molecule has 1 aliphatic heterocycles. The van der Waals surface area contributed by atoms with Gasteiger partial charge < -0.3 is 4.74 Å². The van der Waals surface area contributed by atoms with Crippen molar-refractivity contribution in [2.45, 2.75) is 11.9 Å². The van der Waals surface area contributed by atoms with Gasteiger partial charge in [0.2, 0.25) is 15.9 Å². The molecule has 0 aliphatic carbocycles. The summed E-state index contributed by atoms with van der Waals surface area (Å²) in [6, 6.07) is 7.62. The van der Waals surface area contributed by atoms with E-state index < -0.39 is 27.4 Å². The minimum Gasteiger partial charge on any atom is -0.471 e. The molecule has 0 radical (unpaired) electrons. The van der Waals surface area contributed by atoms with Gasteiger partial charge in [-0.3, -0.25) is 0 Å². The number of sulfonamides is 1. The summed E-state index contributed by atoms with van der Waals surface area (Å²) in [6.07, 6.45) is 1.04. The molecule has 0 N–H and O–H groups in total. The fourth-order valence-corrected chi connectivity index (χ4v) is 3.97. The van der Waals surface area contributed by atoms with Crippen molar-refractivity contribution in [2.75, 3.05) is 13.1 Å². The molecule has 1 aliphatic rings. The van der Waals surface area contributed by atoms with E-state index in [-0.39, 0.29) is 30.6 Å². The fourth-order valence-electron chi connectivity index (χ4n) is 2.41. The minimum atomic E-state index is -3.70. The number of rotatable bonds is 5. The summed E-state index contributed by atoms with van der Waals surface area (Å²) in [7, 11) is -3.70. The van der Waals surface area contributed by atoms with E-state index in [9.17, 15) is 17.2 Å². The van der Waals surface area contributed by atoms with Crippen LogP contribution in [-0.2, 0) is 15.8 Å². The summed E-state index contributed by atoms with van der Waals surface area (Å²) >= 11 is 0. The predicted octanol–water partition coefficient (Wildman–Crippen LogP) is 1.82. The van der Waals surface area contributed by atoms with Crippen molar-refractivity contribution in [3.8, 4) is 11.9 Å². The Morgan fingerprint density at radius 3 is 2.56 bits per heavy atom. The van der Waals surface area contributed by atoms with Gasteiger partial charge >= 0.3 is 0 Å². The molecule has 130 valence electrons. The molecule has 0 spiro atoms. The Hall–Kier alpha value is -2.57. The summed E-state index contributed by atoms with van der Waals surface area (Å²) < 4.78 is 57.6. The Balaban J connectivity index is 1.60. The molecule has 1 fully saturated rings. The fraction of sp³-hybridized carbons (Fsp3) is 0.250. The number of aromatic nitrogens is 1. The molecule has 3 rings (SSSR count). The second-order valence-corrected chi connectivity index (χ2v) is 7.55. The first kappa shape index (κ1) is 17.3. The SMILES string of the molecule is N#Cc1ccnc(OC2CN(S(=O)(=O)Cc3cc(F)cc(F)c3)C2)c1. The van der Waals surface area contributed by atoms with Crippen molar-refractivity contribution < 1.29 is 21.9 Å². The van der Waals surface area contributed by atoms with Crippen LogP contribution in [0.5, 0.6) is 5.88 Å². The second kappa shape index (κ2) is 6.74. The van der Waals surface area contributed by atoms with Crippen LogP contribution >= 0.6 is 0 Å². The molecular weight excluding hydrogens is 352 g/mol. The smallest absolute Gasteiger partial charge is 0.218 e. The topological polar surface area (TPSA) is 83.3 Å². The average molecular weight is 365 g/mol. The molecule has 0 atom stereocenters. The first-order valence-corrected chi connectivity index (χ1v) is 8.92. The Kier molecular flexibility index (Phi) is 4.65. The molecule has 0 bridgehead atoms. The highest BCUT2D eigenvalue weighted by molar-refractivity contribution is 7.88. The Bertz CT molecular complexity index is 918. The molecule has 0 unspecified atom stereocenters. The normalized spacial score (nSPS) is 15.4. The van der Waals surface area contributed by atoms with Gasteiger partial charge in [0, 0.05) is 18.3 Å². The molecule has 1 aromatic carbocycles. The third-order valence-corrected chi connectivity index (χ3v) is 5.41. The number of hydrogen-bond donors (Lipinski definition) is 0. The average Bonchev–Trinajstić information content (AvgIpc) is 2.49. The van der Waals surface area contributed by atoms with Gasteiger partial charge in [0.05, 0.1) is 30.5 Å².